The second kappa shape index (κ2) is 8.15. The summed E-state index contributed by atoms with van der Waals surface area (Å²) in [6, 6.07) is 10.2. The fourth-order valence-corrected chi connectivity index (χ4v) is 2.81. The Morgan fingerprint density at radius 1 is 1.29 bits per heavy atom. The summed E-state index contributed by atoms with van der Waals surface area (Å²) in [6.45, 7) is 1.75. The highest BCUT2D eigenvalue weighted by Crippen LogP contribution is 2.15. The monoisotopic (exact) mass is 289 g/mol. The van der Waals surface area contributed by atoms with Gasteiger partial charge in [0.15, 0.2) is 0 Å². The van der Waals surface area contributed by atoms with Crippen molar-refractivity contribution in [2.45, 2.75) is 37.8 Å². The molecule has 1 saturated heterocycles. The molecule has 1 aliphatic heterocycles. The number of benzene rings is 1. The van der Waals surface area contributed by atoms with E-state index in [1.807, 2.05) is 32.3 Å². The van der Waals surface area contributed by atoms with Crippen LogP contribution in [0.1, 0.15) is 37.3 Å². The molecule has 2 unspecified atom stereocenters. The van der Waals surface area contributed by atoms with Crippen molar-refractivity contribution in [1.29, 1.82) is 0 Å². The topological polar surface area (TPSA) is 44.4 Å². The Bertz CT molecular complexity index is 425. The lowest BCUT2D eigenvalue weighted by Gasteiger charge is -2.25. The lowest BCUT2D eigenvalue weighted by atomic mass is 10.0. The van der Waals surface area contributed by atoms with Crippen LogP contribution in [-0.2, 0) is 4.79 Å². The van der Waals surface area contributed by atoms with Gasteiger partial charge in [-0.25, -0.2) is 0 Å². The molecule has 0 aromatic heterocycles. The van der Waals surface area contributed by atoms with Crippen molar-refractivity contribution in [2.24, 2.45) is 0 Å². The number of carbonyl (C=O) groups is 1. The van der Waals surface area contributed by atoms with Gasteiger partial charge in [-0.15, -0.1) is 0 Å². The lowest BCUT2D eigenvalue weighted by molar-refractivity contribution is -0.124. The van der Waals surface area contributed by atoms with Crippen molar-refractivity contribution in [3.63, 3.8) is 0 Å². The second-order valence-electron chi connectivity index (χ2n) is 6.09. The number of carbonyl (C=O) groups excluding carboxylic acids is 1. The minimum Gasteiger partial charge on any atom is -0.347 e. The number of nitrogens with one attached hydrogen (secondary N) is 2. The van der Waals surface area contributed by atoms with Crippen LogP contribution in [0.25, 0.3) is 0 Å². The van der Waals surface area contributed by atoms with Crippen LogP contribution in [0.3, 0.4) is 0 Å². The second-order valence-corrected chi connectivity index (χ2v) is 6.09. The van der Waals surface area contributed by atoms with Crippen molar-refractivity contribution < 1.29 is 4.79 Å². The molecule has 1 aliphatic rings. The van der Waals surface area contributed by atoms with Gasteiger partial charge in [0, 0.05) is 6.54 Å². The zero-order valence-corrected chi connectivity index (χ0v) is 13.1. The van der Waals surface area contributed by atoms with Gasteiger partial charge in [-0.2, -0.15) is 0 Å². The Morgan fingerprint density at radius 3 is 2.76 bits per heavy atom. The summed E-state index contributed by atoms with van der Waals surface area (Å²) in [6.07, 6.45) is 4.46. The first-order valence-electron chi connectivity index (χ1n) is 7.90. The van der Waals surface area contributed by atoms with Gasteiger partial charge in [0.25, 0.3) is 0 Å². The largest absolute Gasteiger partial charge is 0.347 e. The lowest BCUT2D eigenvalue weighted by Crippen LogP contribution is -2.46. The summed E-state index contributed by atoms with van der Waals surface area (Å²) >= 11 is 0. The molecule has 2 atom stereocenters. The molecule has 2 rings (SSSR count). The van der Waals surface area contributed by atoms with Gasteiger partial charge < -0.3 is 15.5 Å². The maximum absolute atomic E-state index is 12.5. The number of likely N-dealkylation sites (N-methyl/N-ethyl adjacent to an activating group) is 1. The fourth-order valence-electron chi connectivity index (χ4n) is 2.81. The standard InChI is InChI=1S/C17H27N3O/c1-20(2)13-16(14-9-5-3-6-10-14)19-17(21)15-11-7-4-8-12-18-15/h3,5-6,9-10,15-16,18H,4,7-8,11-13H2,1-2H3,(H,19,21). The van der Waals surface area contributed by atoms with Gasteiger partial charge in [-0.05, 0) is 39.0 Å². The smallest absolute Gasteiger partial charge is 0.237 e. The van der Waals surface area contributed by atoms with Crippen LogP contribution in [-0.4, -0.2) is 44.0 Å². The van der Waals surface area contributed by atoms with E-state index in [-0.39, 0.29) is 18.0 Å². The van der Waals surface area contributed by atoms with E-state index < -0.39 is 0 Å². The van der Waals surface area contributed by atoms with Crippen molar-refractivity contribution >= 4 is 5.91 Å². The molecule has 116 valence electrons. The molecular weight excluding hydrogens is 262 g/mol. The van der Waals surface area contributed by atoms with Crippen LogP contribution in [0.5, 0.6) is 0 Å². The SMILES string of the molecule is CN(C)CC(NC(=O)C1CCCCCN1)c1ccccc1. The predicted molar refractivity (Wildman–Crippen MR) is 86.1 cm³/mol. The van der Waals surface area contributed by atoms with Gasteiger partial charge in [-0.1, -0.05) is 43.2 Å². The third-order valence-electron chi connectivity index (χ3n) is 3.94. The first-order valence-corrected chi connectivity index (χ1v) is 7.90. The van der Waals surface area contributed by atoms with E-state index in [9.17, 15) is 4.79 Å². The molecule has 0 radical (unpaired) electrons. The van der Waals surface area contributed by atoms with Crippen molar-refractivity contribution in [1.82, 2.24) is 15.5 Å². The Balaban J connectivity index is 2.02. The molecule has 0 bridgehead atoms. The van der Waals surface area contributed by atoms with Crippen LogP contribution in [0.15, 0.2) is 30.3 Å². The molecule has 1 heterocycles. The predicted octanol–water partition coefficient (Wildman–Crippen LogP) is 1.94. The molecule has 1 amide bonds. The van der Waals surface area contributed by atoms with E-state index in [2.05, 4.69) is 27.7 Å². The zero-order chi connectivity index (χ0) is 15.1. The molecule has 21 heavy (non-hydrogen) atoms. The van der Waals surface area contributed by atoms with Gasteiger partial charge in [0.2, 0.25) is 5.91 Å². The van der Waals surface area contributed by atoms with Crippen LogP contribution >= 0.6 is 0 Å². The Hall–Kier alpha value is -1.39. The minimum atomic E-state index is -0.0409. The Morgan fingerprint density at radius 2 is 2.05 bits per heavy atom. The summed E-state index contributed by atoms with van der Waals surface area (Å²) in [5.41, 5.74) is 1.16. The molecule has 2 N–H and O–H groups in total. The van der Waals surface area contributed by atoms with Crippen LogP contribution in [0, 0.1) is 0 Å². The third-order valence-corrected chi connectivity index (χ3v) is 3.94. The molecular formula is C17H27N3O. The van der Waals surface area contributed by atoms with E-state index in [4.69, 9.17) is 0 Å². The molecule has 0 saturated carbocycles. The highest BCUT2D eigenvalue weighted by molar-refractivity contribution is 5.82. The quantitative estimate of drug-likeness (QED) is 0.870. The highest BCUT2D eigenvalue weighted by Gasteiger charge is 2.23. The summed E-state index contributed by atoms with van der Waals surface area (Å²) in [5, 5.41) is 6.58. The molecule has 4 heteroatoms. The van der Waals surface area contributed by atoms with Crippen LogP contribution in [0.4, 0.5) is 0 Å². The molecule has 0 aliphatic carbocycles. The van der Waals surface area contributed by atoms with E-state index in [1.54, 1.807) is 0 Å². The van der Waals surface area contributed by atoms with Gasteiger partial charge >= 0.3 is 0 Å². The summed E-state index contributed by atoms with van der Waals surface area (Å²) in [5.74, 6) is 0.132. The van der Waals surface area contributed by atoms with E-state index >= 15 is 0 Å². The van der Waals surface area contributed by atoms with Crippen LogP contribution < -0.4 is 10.6 Å². The summed E-state index contributed by atoms with van der Waals surface area (Å²) < 4.78 is 0. The van der Waals surface area contributed by atoms with Crippen molar-refractivity contribution in [2.75, 3.05) is 27.2 Å². The molecule has 1 fully saturated rings. The summed E-state index contributed by atoms with van der Waals surface area (Å²) in [4.78, 5) is 14.6. The normalized spacial score (nSPS) is 20.8. The number of amides is 1. The maximum Gasteiger partial charge on any atom is 0.237 e. The number of nitrogens with zero attached hydrogens (tertiary/aromatic N) is 1. The van der Waals surface area contributed by atoms with E-state index in [0.29, 0.717) is 0 Å². The van der Waals surface area contributed by atoms with E-state index in [0.717, 1.165) is 31.5 Å². The third kappa shape index (κ3) is 5.14. The Kier molecular flexibility index (Phi) is 6.21. The van der Waals surface area contributed by atoms with Gasteiger partial charge in [-0.3, -0.25) is 4.79 Å². The number of rotatable bonds is 5. The summed E-state index contributed by atoms with van der Waals surface area (Å²) in [7, 11) is 4.07. The van der Waals surface area contributed by atoms with Crippen LogP contribution in [0.2, 0.25) is 0 Å². The molecule has 0 spiro atoms. The first kappa shape index (κ1) is 16.0. The van der Waals surface area contributed by atoms with Crippen molar-refractivity contribution in [3.8, 4) is 0 Å². The number of hydrogen-bond donors (Lipinski definition) is 2. The molecule has 1 aromatic rings. The number of hydrogen-bond acceptors (Lipinski definition) is 3. The maximum atomic E-state index is 12.5. The minimum absolute atomic E-state index is 0.0405. The zero-order valence-electron chi connectivity index (χ0n) is 13.1. The first-order chi connectivity index (χ1) is 10.2. The van der Waals surface area contributed by atoms with E-state index in [1.165, 1.54) is 12.8 Å². The van der Waals surface area contributed by atoms with Gasteiger partial charge in [0.1, 0.15) is 0 Å². The fraction of sp³-hybridized carbons (Fsp3) is 0.588. The van der Waals surface area contributed by atoms with Crippen molar-refractivity contribution in [3.05, 3.63) is 35.9 Å². The highest BCUT2D eigenvalue weighted by atomic mass is 16.2. The van der Waals surface area contributed by atoms with Gasteiger partial charge in [0.05, 0.1) is 12.1 Å². The Labute approximate surface area is 127 Å². The average Bonchev–Trinajstić information content (AvgIpc) is 2.76. The molecule has 4 nitrogen and oxygen atoms in total. The molecule has 1 aromatic carbocycles. The average molecular weight is 289 g/mol.